The zero-order valence-corrected chi connectivity index (χ0v) is 10.5. The molecule has 7 nitrogen and oxygen atoms in total. The number of aromatic nitrogens is 1. The Hall–Kier alpha value is -2.15. The normalized spacial score (nSPS) is 13.4. The lowest BCUT2D eigenvalue weighted by molar-refractivity contribution is -0.146. The molecule has 0 fully saturated rings. The molecule has 0 saturated carbocycles. The van der Waals surface area contributed by atoms with Crippen LogP contribution in [0.1, 0.15) is 24.9 Å². The van der Waals surface area contributed by atoms with Gasteiger partial charge in [0.15, 0.2) is 6.10 Å². The van der Waals surface area contributed by atoms with Crippen LogP contribution in [-0.2, 0) is 4.79 Å². The van der Waals surface area contributed by atoms with E-state index < -0.39 is 18.1 Å². The van der Waals surface area contributed by atoms with Crippen molar-refractivity contribution in [2.75, 3.05) is 6.54 Å². The van der Waals surface area contributed by atoms with E-state index in [1.54, 1.807) is 24.5 Å². The number of nitrogens with one attached hydrogen (secondary N) is 2. The van der Waals surface area contributed by atoms with Crippen LogP contribution in [0, 0.1) is 0 Å². The third-order valence-corrected chi connectivity index (χ3v) is 2.54. The van der Waals surface area contributed by atoms with Crippen LogP contribution >= 0.6 is 0 Å². The van der Waals surface area contributed by atoms with E-state index in [1.807, 2.05) is 6.92 Å². The van der Waals surface area contributed by atoms with Gasteiger partial charge in [0.05, 0.1) is 6.04 Å². The number of carboxylic acids is 1. The largest absolute Gasteiger partial charge is 0.479 e. The molecule has 1 aromatic heterocycles. The summed E-state index contributed by atoms with van der Waals surface area (Å²) < 4.78 is 0. The number of aliphatic hydroxyl groups is 1. The van der Waals surface area contributed by atoms with Gasteiger partial charge in [-0.3, -0.25) is 4.98 Å². The summed E-state index contributed by atoms with van der Waals surface area (Å²) in [6.45, 7) is 1.91. The molecule has 0 saturated heterocycles. The van der Waals surface area contributed by atoms with Gasteiger partial charge in [0, 0.05) is 25.4 Å². The Morgan fingerprint density at radius 1 is 1.37 bits per heavy atom. The highest BCUT2D eigenvalue weighted by Crippen LogP contribution is 2.09. The second kappa shape index (κ2) is 7.32. The van der Waals surface area contributed by atoms with Gasteiger partial charge in [-0.15, -0.1) is 0 Å². The Morgan fingerprint density at radius 2 is 2.00 bits per heavy atom. The fraction of sp³-hybridized carbons (Fsp3) is 0.417. The predicted octanol–water partition coefficient (Wildman–Crippen LogP) is 0.277. The highest BCUT2D eigenvalue weighted by atomic mass is 16.4. The van der Waals surface area contributed by atoms with Gasteiger partial charge in [0.25, 0.3) is 0 Å². The Labute approximate surface area is 110 Å². The summed E-state index contributed by atoms with van der Waals surface area (Å²) in [5.41, 5.74) is 0.913. The van der Waals surface area contributed by atoms with Crippen molar-refractivity contribution >= 4 is 12.0 Å². The molecule has 4 N–H and O–H groups in total. The number of hydrogen-bond donors (Lipinski definition) is 4. The Morgan fingerprint density at radius 3 is 2.58 bits per heavy atom. The number of pyridine rings is 1. The second-order valence-electron chi connectivity index (χ2n) is 4.05. The smallest absolute Gasteiger partial charge is 0.332 e. The minimum atomic E-state index is -1.46. The van der Waals surface area contributed by atoms with Crippen LogP contribution in [0.3, 0.4) is 0 Å². The molecule has 0 aliphatic heterocycles. The molecule has 1 heterocycles. The topological polar surface area (TPSA) is 112 Å². The van der Waals surface area contributed by atoms with Crippen molar-refractivity contribution < 1.29 is 19.8 Å². The predicted molar refractivity (Wildman–Crippen MR) is 67.4 cm³/mol. The molecule has 0 aliphatic carbocycles. The van der Waals surface area contributed by atoms with Crippen LogP contribution in [0.25, 0.3) is 0 Å². The van der Waals surface area contributed by atoms with Gasteiger partial charge >= 0.3 is 12.0 Å². The van der Waals surface area contributed by atoms with E-state index in [0.29, 0.717) is 0 Å². The second-order valence-corrected chi connectivity index (χ2v) is 4.05. The van der Waals surface area contributed by atoms with Gasteiger partial charge in [-0.05, 0) is 24.6 Å². The summed E-state index contributed by atoms with van der Waals surface area (Å²) in [6, 6.07) is 2.98. The molecule has 7 heteroatoms. The summed E-state index contributed by atoms with van der Waals surface area (Å²) in [7, 11) is 0. The monoisotopic (exact) mass is 267 g/mol. The molecule has 0 radical (unpaired) electrons. The molecule has 0 bridgehead atoms. The van der Waals surface area contributed by atoms with Crippen molar-refractivity contribution in [3.05, 3.63) is 30.1 Å². The lowest BCUT2D eigenvalue weighted by Crippen LogP contribution is -2.39. The first-order valence-corrected chi connectivity index (χ1v) is 5.86. The van der Waals surface area contributed by atoms with Crippen molar-refractivity contribution in [3.63, 3.8) is 0 Å². The van der Waals surface area contributed by atoms with Crippen LogP contribution in [0.2, 0.25) is 0 Å². The minimum absolute atomic E-state index is 0.0353. The zero-order chi connectivity index (χ0) is 14.3. The number of carboxylic acid groups (broad SMARTS) is 1. The lowest BCUT2D eigenvalue weighted by atomic mass is 10.1. The first-order valence-electron chi connectivity index (χ1n) is 5.86. The molecule has 2 amide bonds. The third kappa shape index (κ3) is 5.35. The zero-order valence-electron chi connectivity index (χ0n) is 10.5. The molecular weight excluding hydrogens is 250 g/mol. The molecule has 1 aromatic rings. The fourth-order valence-electron chi connectivity index (χ4n) is 1.43. The number of urea groups is 1. The lowest BCUT2D eigenvalue weighted by Gasteiger charge is -2.15. The maximum absolute atomic E-state index is 11.5. The number of carbonyl (C=O) groups is 2. The molecule has 0 aliphatic rings. The van der Waals surface area contributed by atoms with Gasteiger partial charge in [0.2, 0.25) is 0 Å². The van der Waals surface area contributed by atoms with Crippen LogP contribution in [-0.4, -0.2) is 39.8 Å². The summed E-state index contributed by atoms with van der Waals surface area (Å²) in [6.07, 6.45) is 1.77. The number of nitrogens with zero attached hydrogens (tertiary/aromatic N) is 1. The molecule has 2 atom stereocenters. The summed E-state index contributed by atoms with van der Waals surface area (Å²) in [4.78, 5) is 25.7. The van der Waals surface area contributed by atoms with Gasteiger partial charge in [-0.1, -0.05) is 0 Å². The molecule has 0 spiro atoms. The van der Waals surface area contributed by atoms with E-state index in [9.17, 15) is 9.59 Å². The van der Waals surface area contributed by atoms with E-state index >= 15 is 0 Å². The van der Waals surface area contributed by atoms with Crippen LogP contribution < -0.4 is 10.6 Å². The number of carbonyl (C=O) groups excluding carboxylic acids is 1. The molecule has 0 aromatic carbocycles. The van der Waals surface area contributed by atoms with Crippen molar-refractivity contribution in [1.82, 2.24) is 15.6 Å². The highest BCUT2D eigenvalue weighted by Gasteiger charge is 2.13. The van der Waals surface area contributed by atoms with Gasteiger partial charge < -0.3 is 20.8 Å². The number of aliphatic hydroxyl groups excluding tert-OH is 1. The molecule has 19 heavy (non-hydrogen) atoms. The van der Waals surface area contributed by atoms with E-state index in [1.165, 1.54) is 0 Å². The first kappa shape index (κ1) is 14.9. The van der Waals surface area contributed by atoms with E-state index in [-0.39, 0.29) is 19.0 Å². The van der Waals surface area contributed by atoms with Gasteiger partial charge in [-0.2, -0.15) is 0 Å². The molecule has 1 unspecified atom stereocenters. The fourth-order valence-corrected chi connectivity index (χ4v) is 1.43. The third-order valence-electron chi connectivity index (χ3n) is 2.54. The average molecular weight is 267 g/mol. The summed E-state index contributed by atoms with van der Waals surface area (Å²) in [5.74, 6) is -1.30. The van der Waals surface area contributed by atoms with Gasteiger partial charge in [-0.25, -0.2) is 9.59 Å². The maximum atomic E-state index is 11.5. The van der Waals surface area contributed by atoms with E-state index in [2.05, 4.69) is 15.6 Å². The van der Waals surface area contributed by atoms with Crippen LogP contribution in [0.4, 0.5) is 4.79 Å². The van der Waals surface area contributed by atoms with Crippen molar-refractivity contribution in [3.8, 4) is 0 Å². The van der Waals surface area contributed by atoms with Crippen molar-refractivity contribution in [2.24, 2.45) is 0 Å². The molecule has 104 valence electrons. The molecule has 1 rings (SSSR count). The Bertz CT molecular complexity index is 424. The Kier molecular flexibility index (Phi) is 5.74. The van der Waals surface area contributed by atoms with Gasteiger partial charge in [0.1, 0.15) is 0 Å². The number of rotatable bonds is 6. The quantitative estimate of drug-likeness (QED) is 0.591. The van der Waals surface area contributed by atoms with E-state index in [4.69, 9.17) is 10.2 Å². The average Bonchev–Trinajstić information content (AvgIpc) is 2.39. The SMILES string of the molecule is CC(NC(=O)NCC[C@H](O)C(=O)O)c1ccncc1. The first-order chi connectivity index (χ1) is 9.00. The maximum Gasteiger partial charge on any atom is 0.332 e. The van der Waals surface area contributed by atoms with Crippen LogP contribution in [0.15, 0.2) is 24.5 Å². The number of amides is 2. The molecular formula is C12H17N3O4. The van der Waals surface area contributed by atoms with E-state index in [0.717, 1.165) is 5.56 Å². The van der Waals surface area contributed by atoms with Crippen molar-refractivity contribution in [1.29, 1.82) is 0 Å². The standard InChI is InChI=1S/C12H17N3O4/c1-8(9-2-5-13-6-3-9)15-12(19)14-7-4-10(16)11(17)18/h2-3,5-6,8,10,16H,4,7H2,1H3,(H,17,18)(H2,14,15,19)/t8?,10-/m0/s1. The highest BCUT2D eigenvalue weighted by molar-refractivity contribution is 5.75. The summed E-state index contributed by atoms with van der Waals surface area (Å²) in [5, 5.41) is 22.7. The van der Waals surface area contributed by atoms with Crippen LogP contribution in [0.5, 0.6) is 0 Å². The number of aliphatic carboxylic acids is 1. The summed E-state index contributed by atoms with van der Waals surface area (Å²) >= 11 is 0. The number of hydrogen-bond acceptors (Lipinski definition) is 4. The minimum Gasteiger partial charge on any atom is -0.479 e. The Balaban J connectivity index is 2.30. The van der Waals surface area contributed by atoms with Crippen molar-refractivity contribution in [2.45, 2.75) is 25.5 Å².